The second-order valence-corrected chi connectivity index (χ2v) is 5.72. The molecule has 1 rings (SSSR count). The molecule has 0 radical (unpaired) electrons. The Balaban J connectivity index is 2.35. The summed E-state index contributed by atoms with van der Waals surface area (Å²) in [5, 5.41) is 4.17. The number of halogens is 1. The van der Waals surface area contributed by atoms with Crippen molar-refractivity contribution in [2.24, 2.45) is 0 Å². The molecule has 2 nitrogen and oxygen atoms in total. The maximum Gasteiger partial charge on any atom is 0.0637 e. The standard InChI is InChI=1S/C14H23ClN2S/c1-4-12(11-18-3)17(2)10-9-16-14-8-6-5-7-13(14)15/h5-8,12,16H,4,9-11H2,1-3H3. The van der Waals surface area contributed by atoms with Gasteiger partial charge < -0.3 is 10.2 Å². The summed E-state index contributed by atoms with van der Waals surface area (Å²) < 4.78 is 0. The zero-order chi connectivity index (χ0) is 13.4. The van der Waals surface area contributed by atoms with Gasteiger partial charge in [0.05, 0.1) is 10.7 Å². The number of likely N-dealkylation sites (N-methyl/N-ethyl adjacent to an activating group) is 1. The summed E-state index contributed by atoms with van der Waals surface area (Å²) in [5.74, 6) is 1.19. The van der Waals surface area contributed by atoms with Crippen molar-refractivity contribution in [3.8, 4) is 0 Å². The van der Waals surface area contributed by atoms with E-state index in [1.165, 1.54) is 12.2 Å². The summed E-state index contributed by atoms with van der Waals surface area (Å²) in [4.78, 5) is 2.42. The molecule has 0 bridgehead atoms. The van der Waals surface area contributed by atoms with Gasteiger partial charge in [0.15, 0.2) is 0 Å². The zero-order valence-corrected chi connectivity index (χ0v) is 13.0. The molecule has 1 unspecified atom stereocenters. The summed E-state index contributed by atoms with van der Waals surface area (Å²) in [6.45, 7) is 4.20. The van der Waals surface area contributed by atoms with Gasteiger partial charge >= 0.3 is 0 Å². The Morgan fingerprint density at radius 3 is 2.72 bits per heavy atom. The fourth-order valence-corrected chi connectivity index (χ4v) is 2.98. The van der Waals surface area contributed by atoms with E-state index in [4.69, 9.17) is 11.6 Å². The van der Waals surface area contributed by atoms with E-state index in [1.807, 2.05) is 36.0 Å². The second-order valence-electron chi connectivity index (χ2n) is 4.40. The van der Waals surface area contributed by atoms with E-state index < -0.39 is 0 Å². The Bertz CT molecular complexity index is 346. The topological polar surface area (TPSA) is 15.3 Å². The van der Waals surface area contributed by atoms with Gasteiger partial charge in [-0.3, -0.25) is 0 Å². The molecule has 1 aromatic carbocycles. The molecule has 1 N–H and O–H groups in total. The van der Waals surface area contributed by atoms with Gasteiger partial charge in [-0.2, -0.15) is 11.8 Å². The van der Waals surface area contributed by atoms with Crippen molar-refractivity contribution in [1.29, 1.82) is 0 Å². The Morgan fingerprint density at radius 2 is 2.11 bits per heavy atom. The van der Waals surface area contributed by atoms with Crippen LogP contribution in [0.15, 0.2) is 24.3 Å². The number of para-hydroxylation sites is 1. The van der Waals surface area contributed by atoms with Crippen LogP contribution in [-0.4, -0.2) is 43.1 Å². The molecular formula is C14H23ClN2S. The fraction of sp³-hybridized carbons (Fsp3) is 0.571. The number of thioether (sulfide) groups is 1. The molecule has 0 heterocycles. The average molecular weight is 287 g/mol. The largest absolute Gasteiger partial charge is 0.383 e. The van der Waals surface area contributed by atoms with Crippen LogP contribution < -0.4 is 5.32 Å². The molecule has 0 aliphatic carbocycles. The molecule has 0 aliphatic rings. The lowest BCUT2D eigenvalue weighted by atomic mass is 10.2. The third-order valence-electron chi connectivity index (χ3n) is 3.11. The van der Waals surface area contributed by atoms with Gasteiger partial charge in [-0.25, -0.2) is 0 Å². The summed E-state index contributed by atoms with van der Waals surface area (Å²) in [7, 11) is 2.19. The molecule has 0 fully saturated rings. The van der Waals surface area contributed by atoms with Gasteiger partial charge in [-0.15, -0.1) is 0 Å². The Hall–Kier alpha value is -0.380. The Labute approximate surface area is 120 Å². The molecule has 1 atom stereocenters. The van der Waals surface area contributed by atoms with E-state index >= 15 is 0 Å². The first-order chi connectivity index (χ1) is 8.69. The third-order valence-corrected chi connectivity index (χ3v) is 4.16. The van der Waals surface area contributed by atoms with Gasteiger partial charge in [-0.05, 0) is 31.9 Å². The molecule has 4 heteroatoms. The number of hydrogen-bond acceptors (Lipinski definition) is 3. The van der Waals surface area contributed by atoms with Crippen molar-refractivity contribution in [3.05, 3.63) is 29.3 Å². The highest BCUT2D eigenvalue weighted by Gasteiger charge is 2.11. The lowest BCUT2D eigenvalue weighted by Gasteiger charge is -2.26. The summed E-state index contributed by atoms with van der Waals surface area (Å²) >= 11 is 8.01. The van der Waals surface area contributed by atoms with Crippen molar-refractivity contribution in [3.63, 3.8) is 0 Å². The Kier molecular flexibility index (Phi) is 7.56. The maximum absolute atomic E-state index is 6.10. The van der Waals surface area contributed by atoms with Crippen molar-refractivity contribution in [2.75, 3.05) is 37.5 Å². The molecule has 0 aromatic heterocycles. The highest BCUT2D eigenvalue weighted by Crippen LogP contribution is 2.20. The smallest absolute Gasteiger partial charge is 0.0637 e. The van der Waals surface area contributed by atoms with Crippen LogP contribution in [0.2, 0.25) is 5.02 Å². The van der Waals surface area contributed by atoms with E-state index in [0.29, 0.717) is 6.04 Å². The van der Waals surface area contributed by atoms with Crippen molar-refractivity contribution in [2.45, 2.75) is 19.4 Å². The van der Waals surface area contributed by atoms with E-state index in [9.17, 15) is 0 Å². The molecule has 0 amide bonds. The van der Waals surface area contributed by atoms with Crippen molar-refractivity contribution < 1.29 is 0 Å². The van der Waals surface area contributed by atoms with Gasteiger partial charge in [0.2, 0.25) is 0 Å². The highest BCUT2D eigenvalue weighted by molar-refractivity contribution is 7.98. The summed E-state index contributed by atoms with van der Waals surface area (Å²) in [6, 6.07) is 8.54. The zero-order valence-electron chi connectivity index (χ0n) is 11.4. The monoisotopic (exact) mass is 286 g/mol. The SMILES string of the molecule is CCC(CSC)N(C)CCNc1ccccc1Cl. The normalized spacial score (nSPS) is 12.7. The molecule has 1 aromatic rings. The lowest BCUT2D eigenvalue weighted by Crippen LogP contribution is -2.36. The van der Waals surface area contributed by atoms with Gasteiger partial charge in [0, 0.05) is 24.9 Å². The molecule has 102 valence electrons. The number of benzene rings is 1. The molecular weight excluding hydrogens is 264 g/mol. The van der Waals surface area contributed by atoms with Crippen LogP contribution in [-0.2, 0) is 0 Å². The average Bonchev–Trinajstić information content (AvgIpc) is 2.38. The van der Waals surface area contributed by atoms with E-state index in [1.54, 1.807) is 0 Å². The van der Waals surface area contributed by atoms with E-state index in [-0.39, 0.29) is 0 Å². The lowest BCUT2D eigenvalue weighted by molar-refractivity contribution is 0.265. The molecule has 18 heavy (non-hydrogen) atoms. The van der Waals surface area contributed by atoms with Gasteiger partial charge in [0.1, 0.15) is 0 Å². The minimum absolute atomic E-state index is 0.660. The van der Waals surface area contributed by atoms with Crippen LogP contribution in [0.4, 0.5) is 5.69 Å². The van der Waals surface area contributed by atoms with Crippen molar-refractivity contribution in [1.82, 2.24) is 4.90 Å². The number of nitrogens with one attached hydrogen (secondary N) is 1. The number of hydrogen-bond donors (Lipinski definition) is 1. The van der Waals surface area contributed by atoms with Crippen LogP contribution in [0.3, 0.4) is 0 Å². The molecule has 0 saturated heterocycles. The first kappa shape index (κ1) is 15.7. The maximum atomic E-state index is 6.10. The minimum Gasteiger partial charge on any atom is -0.383 e. The first-order valence-electron chi connectivity index (χ1n) is 6.36. The van der Waals surface area contributed by atoms with Crippen LogP contribution >= 0.6 is 23.4 Å². The van der Waals surface area contributed by atoms with Crippen LogP contribution in [0.5, 0.6) is 0 Å². The van der Waals surface area contributed by atoms with Crippen LogP contribution in [0.25, 0.3) is 0 Å². The van der Waals surface area contributed by atoms with Crippen LogP contribution in [0.1, 0.15) is 13.3 Å². The van der Waals surface area contributed by atoms with Crippen molar-refractivity contribution >= 4 is 29.1 Å². The van der Waals surface area contributed by atoms with E-state index in [2.05, 4.69) is 30.4 Å². The number of rotatable bonds is 8. The van der Waals surface area contributed by atoms with Gasteiger partial charge in [0.25, 0.3) is 0 Å². The number of anilines is 1. The number of nitrogens with zero attached hydrogens (tertiary/aromatic N) is 1. The highest BCUT2D eigenvalue weighted by atomic mass is 35.5. The quantitative estimate of drug-likeness (QED) is 0.782. The fourth-order valence-electron chi connectivity index (χ4n) is 1.90. The summed E-state index contributed by atoms with van der Waals surface area (Å²) in [5.41, 5.74) is 1.02. The molecule has 0 spiro atoms. The predicted molar refractivity (Wildman–Crippen MR) is 85.0 cm³/mol. The predicted octanol–water partition coefficient (Wildman–Crippen LogP) is 3.83. The third kappa shape index (κ3) is 5.09. The van der Waals surface area contributed by atoms with E-state index in [0.717, 1.165) is 23.8 Å². The molecule has 0 saturated carbocycles. The second kappa shape index (κ2) is 8.68. The first-order valence-corrected chi connectivity index (χ1v) is 8.13. The summed E-state index contributed by atoms with van der Waals surface area (Å²) in [6.07, 6.45) is 3.36. The molecule has 0 aliphatic heterocycles. The minimum atomic E-state index is 0.660. The van der Waals surface area contributed by atoms with Gasteiger partial charge in [-0.1, -0.05) is 30.7 Å². The van der Waals surface area contributed by atoms with Crippen LogP contribution in [0, 0.1) is 0 Å². The Morgan fingerprint density at radius 1 is 1.39 bits per heavy atom.